The van der Waals surface area contributed by atoms with E-state index in [2.05, 4.69) is 27.4 Å². The normalized spacial score (nSPS) is 28.9. The second kappa shape index (κ2) is 7.17. The lowest BCUT2D eigenvalue weighted by molar-refractivity contribution is 0.190. The van der Waals surface area contributed by atoms with E-state index in [0.29, 0.717) is 5.25 Å². The Morgan fingerprint density at radius 1 is 1.42 bits per heavy atom. The van der Waals surface area contributed by atoms with Crippen molar-refractivity contribution in [1.82, 2.24) is 20.4 Å². The molecule has 3 rings (SSSR count). The van der Waals surface area contributed by atoms with Crippen LogP contribution in [-0.4, -0.2) is 59.0 Å². The molecule has 2 fully saturated rings. The highest BCUT2D eigenvalue weighted by molar-refractivity contribution is 8.06. The van der Waals surface area contributed by atoms with Crippen molar-refractivity contribution in [3.63, 3.8) is 0 Å². The Hall–Kier alpha value is 0.0500. The molecule has 5 nitrogen and oxygen atoms in total. The number of hydrogen-bond donors (Lipinski definition) is 1. The van der Waals surface area contributed by atoms with Crippen molar-refractivity contribution in [2.45, 2.75) is 11.3 Å². The van der Waals surface area contributed by atoms with E-state index in [-0.39, 0.29) is 18.4 Å². The van der Waals surface area contributed by atoms with Crippen molar-refractivity contribution < 1.29 is 4.52 Å². The van der Waals surface area contributed by atoms with Gasteiger partial charge in [0.05, 0.1) is 11.3 Å². The Morgan fingerprint density at radius 2 is 2.32 bits per heavy atom. The molecule has 0 amide bonds. The molecule has 0 bridgehead atoms. The van der Waals surface area contributed by atoms with E-state index < -0.39 is 0 Å². The molecule has 8 heteroatoms. The van der Waals surface area contributed by atoms with Gasteiger partial charge < -0.3 is 9.84 Å². The van der Waals surface area contributed by atoms with Crippen molar-refractivity contribution >= 4 is 35.9 Å². The Labute approximate surface area is 128 Å². The quantitative estimate of drug-likeness (QED) is 0.887. The summed E-state index contributed by atoms with van der Waals surface area (Å²) in [5, 5.41) is 7.94. The molecule has 0 aromatic carbocycles. The van der Waals surface area contributed by atoms with Crippen LogP contribution in [0.4, 0.5) is 0 Å². The van der Waals surface area contributed by atoms with E-state index in [0.717, 1.165) is 37.1 Å². The van der Waals surface area contributed by atoms with Gasteiger partial charge in [0.15, 0.2) is 5.82 Å². The molecule has 2 saturated heterocycles. The SMILES string of the molecule is CN1CCNCC1c1noc(C2CSCCS2)n1.Cl. The van der Waals surface area contributed by atoms with Crippen LogP contribution in [0.15, 0.2) is 4.52 Å². The summed E-state index contributed by atoms with van der Waals surface area (Å²) in [4.78, 5) is 6.90. The molecular formula is C11H19ClN4OS2. The average Bonchev–Trinajstić information content (AvgIpc) is 2.90. The number of hydrogen-bond acceptors (Lipinski definition) is 7. The molecule has 3 heterocycles. The van der Waals surface area contributed by atoms with Crippen LogP contribution in [0.2, 0.25) is 0 Å². The number of rotatable bonds is 2. The van der Waals surface area contributed by atoms with Gasteiger partial charge in [-0.2, -0.15) is 16.7 Å². The number of nitrogens with zero attached hydrogens (tertiary/aromatic N) is 3. The van der Waals surface area contributed by atoms with Gasteiger partial charge in [-0.05, 0) is 7.05 Å². The minimum absolute atomic E-state index is 0. The Kier molecular flexibility index (Phi) is 5.83. The average molecular weight is 323 g/mol. The summed E-state index contributed by atoms with van der Waals surface area (Å²) in [7, 11) is 2.12. The third kappa shape index (κ3) is 3.58. The van der Waals surface area contributed by atoms with E-state index >= 15 is 0 Å². The minimum atomic E-state index is 0. The summed E-state index contributed by atoms with van der Waals surface area (Å²) in [6.07, 6.45) is 0. The summed E-state index contributed by atoms with van der Waals surface area (Å²) in [5.41, 5.74) is 0. The highest BCUT2D eigenvalue weighted by atomic mass is 35.5. The first kappa shape index (κ1) is 15.4. The second-order valence-electron chi connectivity index (χ2n) is 4.63. The summed E-state index contributed by atoms with van der Waals surface area (Å²) in [6, 6.07) is 0.248. The summed E-state index contributed by atoms with van der Waals surface area (Å²) < 4.78 is 5.46. The molecule has 0 radical (unpaired) electrons. The molecule has 0 aliphatic carbocycles. The van der Waals surface area contributed by atoms with Gasteiger partial charge in [-0.15, -0.1) is 24.2 Å². The monoisotopic (exact) mass is 322 g/mol. The summed E-state index contributed by atoms with van der Waals surface area (Å²) in [5.74, 6) is 5.14. The third-order valence-corrected chi connectivity index (χ3v) is 6.10. The first-order chi connectivity index (χ1) is 8.84. The zero-order valence-corrected chi connectivity index (χ0v) is 13.3. The van der Waals surface area contributed by atoms with Crippen LogP contribution >= 0.6 is 35.9 Å². The third-order valence-electron chi connectivity index (χ3n) is 3.36. The van der Waals surface area contributed by atoms with Crippen LogP contribution in [0, 0.1) is 0 Å². The van der Waals surface area contributed by atoms with Gasteiger partial charge in [-0.25, -0.2) is 0 Å². The van der Waals surface area contributed by atoms with Crippen molar-refractivity contribution in [3.05, 3.63) is 11.7 Å². The molecule has 1 aromatic rings. The Morgan fingerprint density at radius 3 is 3.05 bits per heavy atom. The van der Waals surface area contributed by atoms with Crippen LogP contribution in [0.5, 0.6) is 0 Å². The van der Waals surface area contributed by atoms with Crippen LogP contribution in [0.1, 0.15) is 23.0 Å². The van der Waals surface area contributed by atoms with Crippen LogP contribution < -0.4 is 5.32 Å². The van der Waals surface area contributed by atoms with E-state index in [9.17, 15) is 0 Å². The zero-order valence-electron chi connectivity index (χ0n) is 10.9. The maximum atomic E-state index is 5.46. The molecule has 2 aliphatic heterocycles. The largest absolute Gasteiger partial charge is 0.338 e. The molecular weight excluding hydrogens is 304 g/mol. The maximum Gasteiger partial charge on any atom is 0.240 e. The van der Waals surface area contributed by atoms with Crippen LogP contribution in [-0.2, 0) is 0 Å². The van der Waals surface area contributed by atoms with E-state index in [1.165, 1.54) is 11.5 Å². The van der Waals surface area contributed by atoms with Gasteiger partial charge in [0.1, 0.15) is 0 Å². The van der Waals surface area contributed by atoms with E-state index in [1.54, 1.807) is 0 Å². The van der Waals surface area contributed by atoms with Gasteiger partial charge in [-0.3, -0.25) is 4.90 Å². The number of halogens is 1. The van der Waals surface area contributed by atoms with Crippen molar-refractivity contribution in [2.75, 3.05) is 43.9 Å². The highest BCUT2D eigenvalue weighted by Crippen LogP contribution is 2.36. The minimum Gasteiger partial charge on any atom is -0.338 e. The summed E-state index contributed by atoms with van der Waals surface area (Å²) in [6.45, 7) is 2.97. The second-order valence-corrected chi connectivity index (χ2v) is 7.09. The predicted molar refractivity (Wildman–Crippen MR) is 82.3 cm³/mol. The molecule has 2 atom stereocenters. The lowest BCUT2D eigenvalue weighted by Crippen LogP contribution is -2.44. The lowest BCUT2D eigenvalue weighted by atomic mass is 10.2. The lowest BCUT2D eigenvalue weighted by Gasteiger charge is -2.30. The Bertz CT molecular complexity index is 400. The molecule has 19 heavy (non-hydrogen) atoms. The summed E-state index contributed by atoms with van der Waals surface area (Å²) >= 11 is 3.90. The number of likely N-dealkylation sites (N-methyl/N-ethyl adjacent to an activating group) is 1. The molecule has 2 aliphatic rings. The molecule has 2 unspecified atom stereocenters. The highest BCUT2D eigenvalue weighted by Gasteiger charge is 2.28. The van der Waals surface area contributed by atoms with Crippen molar-refractivity contribution in [3.8, 4) is 0 Å². The van der Waals surface area contributed by atoms with Gasteiger partial charge in [0.25, 0.3) is 0 Å². The smallest absolute Gasteiger partial charge is 0.240 e. The maximum absolute atomic E-state index is 5.46. The van der Waals surface area contributed by atoms with Gasteiger partial charge in [-0.1, -0.05) is 5.16 Å². The fourth-order valence-corrected chi connectivity index (χ4v) is 4.81. The standard InChI is InChI=1S/C11H18N4OS2.ClH/c1-15-3-2-12-6-8(15)10-13-11(16-14-10)9-7-17-4-5-18-9;/h8-9,12H,2-7H2,1H3;1H. The Balaban J connectivity index is 0.00000133. The van der Waals surface area contributed by atoms with E-state index in [4.69, 9.17) is 4.52 Å². The predicted octanol–water partition coefficient (Wildman–Crippen LogP) is 1.59. The number of piperazine rings is 1. The first-order valence-electron chi connectivity index (χ1n) is 6.28. The fraction of sp³-hybridized carbons (Fsp3) is 0.818. The number of nitrogens with one attached hydrogen (secondary N) is 1. The molecule has 1 aromatic heterocycles. The molecule has 0 spiro atoms. The number of aromatic nitrogens is 2. The van der Waals surface area contributed by atoms with Gasteiger partial charge in [0.2, 0.25) is 5.89 Å². The van der Waals surface area contributed by atoms with Gasteiger partial charge in [0, 0.05) is 36.9 Å². The molecule has 0 saturated carbocycles. The first-order valence-corrected chi connectivity index (χ1v) is 8.49. The van der Waals surface area contributed by atoms with Crippen LogP contribution in [0.25, 0.3) is 0 Å². The molecule has 108 valence electrons. The zero-order chi connectivity index (χ0) is 12.4. The van der Waals surface area contributed by atoms with Crippen molar-refractivity contribution in [1.29, 1.82) is 0 Å². The fourth-order valence-electron chi connectivity index (χ4n) is 2.24. The van der Waals surface area contributed by atoms with Gasteiger partial charge >= 0.3 is 0 Å². The number of thioether (sulfide) groups is 2. The molecule has 1 N–H and O–H groups in total. The van der Waals surface area contributed by atoms with E-state index in [1.807, 2.05) is 23.5 Å². The van der Waals surface area contributed by atoms with Crippen molar-refractivity contribution in [2.24, 2.45) is 0 Å². The van der Waals surface area contributed by atoms with Crippen LogP contribution in [0.3, 0.4) is 0 Å². The topological polar surface area (TPSA) is 54.2 Å².